The average molecular weight is 193 g/mol. The first-order valence-electron chi connectivity index (χ1n) is 4.12. The zero-order valence-corrected chi connectivity index (χ0v) is 8.23. The fraction of sp³-hybridized carbons (Fsp3) is 0.200. The summed E-state index contributed by atoms with van der Waals surface area (Å²) in [5, 5.41) is 0. The molecule has 1 aromatic rings. The van der Waals surface area contributed by atoms with E-state index < -0.39 is 5.91 Å². The van der Waals surface area contributed by atoms with Gasteiger partial charge in [0.15, 0.2) is 0 Å². The molecule has 0 fully saturated rings. The van der Waals surface area contributed by atoms with Gasteiger partial charge in [0.2, 0.25) is 5.91 Å². The Morgan fingerprint density at radius 2 is 2.21 bits per heavy atom. The average Bonchev–Trinajstić information content (AvgIpc) is 2.20. The Kier molecular flexibility index (Phi) is 5.98. The van der Waals surface area contributed by atoms with Crippen LogP contribution < -0.4 is 11.5 Å². The molecular weight excluding hydrogens is 178 g/mol. The highest BCUT2D eigenvalue weighted by Crippen LogP contribution is 1.90. The number of aromatic nitrogens is 1. The van der Waals surface area contributed by atoms with E-state index in [0.717, 1.165) is 5.56 Å². The quantitative estimate of drug-likeness (QED) is 0.674. The van der Waals surface area contributed by atoms with Crippen LogP contribution in [0.3, 0.4) is 0 Å². The van der Waals surface area contributed by atoms with Gasteiger partial charge in [0.25, 0.3) is 0 Å². The Morgan fingerprint density at radius 1 is 1.64 bits per heavy atom. The molecule has 0 aliphatic heterocycles. The van der Waals surface area contributed by atoms with E-state index >= 15 is 0 Å². The van der Waals surface area contributed by atoms with Crippen LogP contribution in [0.15, 0.2) is 36.7 Å². The molecule has 1 rings (SSSR count). The van der Waals surface area contributed by atoms with Gasteiger partial charge in [0.1, 0.15) is 0 Å². The number of nitrogens with two attached hydrogens (primary N) is 2. The summed E-state index contributed by atoms with van der Waals surface area (Å²) < 4.78 is 0. The summed E-state index contributed by atoms with van der Waals surface area (Å²) >= 11 is 0. The van der Waals surface area contributed by atoms with Crippen LogP contribution >= 0.6 is 0 Å². The molecule has 0 bridgehead atoms. The number of carbonyl (C=O) groups excluding carboxylic acids is 1. The molecule has 0 atom stereocenters. The minimum absolute atomic E-state index is 0.398. The number of nitrogens with zero attached hydrogens (tertiary/aromatic N) is 1. The topological polar surface area (TPSA) is 82.0 Å². The van der Waals surface area contributed by atoms with E-state index in [-0.39, 0.29) is 0 Å². The van der Waals surface area contributed by atoms with Crippen LogP contribution in [0.4, 0.5) is 0 Å². The highest BCUT2D eigenvalue weighted by molar-refractivity contribution is 5.90. The Hall–Kier alpha value is -1.68. The van der Waals surface area contributed by atoms with Gasteiger partial charge in [-0.15, -0.1) is 0 Å². The molecule has 0 aromatic carbocycles. The number of pyridine rings is 1. The Balaban J connectivity index is 0.000000255. The molecule has 0 aliphatic carbocycles. The lowest BCUT2D eigenvalue weighted by atomic mass is 10.3. The van der Waals surface area contributed by atoms with Crippen LogP contribution in [0.2, 0.25) is 0 Å². The van der Waals surface area contributed by atoms with Crippen LogP contribution in [-0.4, -0.2) is 10.9 Å². The van der Waals surface area contributed by atoms with E-state index in [0.29, 0.717) is 12.1 Å². The maximum atomic E-state index is 9.82. The molecule has 0 aliphatic rings. The summed E-state index contributed by atoms with van der Waals surface area (Å²) in [5.74, 6) is -0.435. The van der Waals surface area contributed by atoms with Gasteiger partial charge in [0.05, 0.1) is 0 Å². The smallest absolute Gasteiger partial charge is 0.243 e. The van der Waals surface area contributed by atoms with Gasteiger partial charge >= 0.3 is 0 Å². The monoisotopic (exact) mass is 193 g/mol. The maximum absolute atomic E-state index is 9.82. The second-order valence-corrected chi connectivity index (χ2v) is 2.71. The van der Waals surface area contributed by atoms with Crippen molar-refractivity contribution in [3.8, 4) is 0 Å². The van der Waals surface area contributed by atoms with Gasteiger partial charge in [-0.1, -0.05) is 12.6 Å². The summed E-state index contributed by atoms with van der Waals surface area (Å²) in [6.07, 6.45) is 3.50. The molecule has 1 heterocycles. The first kappa shape index (κ1) is 12.3. The fourth-order valence-corrected chi connectivity index (χ4v) is 0.519. The second kappa shape index (κ2) is 6.80. The third-order valence-corrected chi connectivity index (χ3v) is 1.38. The predicted molar refractivity (Wildman–Crippen MR) is 56.1 cm³/mol. The van der Waals surface area contributed by atoms with E-state index in [1.54, 1.807) is 19.3 Å². The highest BCUT2D eigenvalue weighted by Gasteiger charge is 1.86. The van der Waals surface area contributed by atoms with Crippen molar-refractivity contribution in [2.24, 2.45) is 11.5 Å². The largest absolute Gasteiger partial charge is 0.366 e. The van der Waals surface area contributed by atoms with Crippen molar-refractivity contribution < 1.29 is 4.79 Å². The highest BCUT2D eigenvalue weighted by atomic mass is 16.1. The lowest BCUT2D eigenvalue weighted by Gasteiger charge is -1.89. The van der Waals surface area contributed by atoms with Crippen molar-refractivity contribution in [1.29, 1.82) is 0 Å². The van der Waals surface area contributed by atoms with Gasteiger partial charge < -0.3 is 11.5 Å². The van der Waals surface area contributed by atoms with Crippen molar-refractivity contribution in [3.63, 3.8) is 0 Å². The number of hydrogen-bond donors (Lipinski definition) is 2. The molecule has 0 radical (unpaired) electrons. The molecule has 0 saturated carbocycles. The normalized spacial score (nSPS) is 8.43. The molecule has 4 heteroatoms. The zero-order valence-electron chi connectivity index (χ0n) is 8.23. The number of amides is 1. The van der Waals surface area contributed by atoms with Gasteiger partial charge in [-0.25, -0.2) is 0 Å². The first-order valence-corrected chi connectivity index (χ1v) is 4.12. The molecular formula is C10H15N3O. The van der Waals surface area contributed by atoms with Crippen LogP contribution in [0.5, 0.6) is 0 Å². The molecule has 0 unspecified atom stereocenters. The first-order chi connectivity index (χ1) is 6.57. The fourth-order valence-electron chi connectivity index (χ4n) is 0.519. The minimum Gasteiger partial charge on any atom is -0.366 e. The van der Waals surface area contributed by atoms with Gasteiger partial charge in [-0.05, 0) is 18.6 Å². The Bertz CT molecular complexity index is 283. The molecule has 4 nitrogen and oxygen atoms in total. The van der Waals surface area contributed by atoms with Crippen LogP contribution in [0, 0.1) is 0 Å². The second-order valence-electron chi connectivity index (χ2n) is 2.71. The number of rotatable bonds is 2. The van der Waals surface area contributed by atoms with Crippen molar-refractivity contribution >= 4 is 5.91 Å². The Morgan fingerprint density at radius 3 is 2.43 bits per heavy atom. The summed E-state index contributed by atoms with van der Waals surface area (Å²) in [6.45, 7) is 5.43. The number of carbonyl (C=O) groups is 1. The number of primary amides is 1. The summed E-state index contributed by atoms with van der Waals surface area (Å²) in [7, 11) is 0. The summed E-state index contributed by atoms with van der Waals surface area (Å²) in [5.41, 5.74) is 11.5. The van der Waals surface area contributed by atoms with Gasteiger partial charge in [-0.3, -0.25) is 9.78 Å². The predicted octanol–water partition coefficient (Wildman–Crippen LogP) is 0.588. The van der Waals surface area contributed by atoms with E-state index in [9.17, 15) is 4.79 Å². The van der Waals surface area contributed by atoms with Crippen molar-refractivity contribution in [2.45, 2.75) is 13.5 Å². The summed E-state index contributed by atoms with van der Waals surface area (Å²) in [4.78, 5) is 13.7. The molecule has 0 spiro atoms. The number of hydrogen-bond acceptors (Lipinski definition) is 3. The third-order valence-electron chi connectivity index (χ3n) is 1.38. The van der Waals surface area contributed by atoms with Gasteiger partial charge in [0, 0.05) is 24.5 Å². The van der Waals surface area contributed by atoms with E-state index in [1.165, 1.54) is 0 Å². The zero-order chi connectivity index (χ0) is 11.0. The molecule has 14 heavy (non-hydrogen) atoms. The lowest BCUT2D eigenvalue weighted by molar-refractivity contribution is -0.114. The standard InChI is InChI=1S/C6H8N2.C4H7NO/c7-4-6-2-1-3-8-5-6;1-3(2)4(5)6/h1-3,5H,4,7H2;1H2,2H3,(H2,5,6). The Labute approximate surface area is 83.6 Å². The van der Waals surface area contributed by atoms with Crippen LogP contribution in [-0.2, 0) is 11.3 Å². The molecule has 1 aromatic heterocycles. The minimum atomic E-state index is -0.435. The van der Waals surface area contributed by atoms with E-state index in [2.05, 4.69) is 11.6 Å². The SMILES string of the molecule is C=C(C)C(N)=O.NCc1cccnc1. The lowest BCUT2D eigenvalue weighted by Crippen LogP contribution is -2.10. The van der Waals surface area contributed by atoms with Crippen molar-refractivity contribution in [1.82, 2.24) is 4.98 Å². The van der Waals surface area contributed by atoms with E-state index in [4.69, 9.17) is 11.5 Å². The third kappa shape index (κ3) is 5.91. The van der Waals surface area contributed by atoms with Crippen molar-refractivity contribution in [3.05, 3.63) is 42.2 Å². The molecule has 1 amide bonds. The van der Waals surface area contributed by atoms with Crippen LogP contribution in [0.25, 0.3) is 0 Å². The molecule has 0 saturated heterocycles. The molecule has 76 valence electrons. The van der Waals surface area contributed by atoms with Gasteiger partial charge in [-0.2, -0.15) is 0 Å². The summed E-state index contributed by atoms with van der Waals surface area (Å²) in [6, 6.07) is 3.83. The van der Waals surface area contributed by atoms with Crippen molar-refractivity contribution in [2.75, 3.05) is 0 Å². The van der Waals surface area contributed by atoms with Crippen LogP contribution in [0.1, 0.15) is 12.5 Å². The van der Waals surface area contributed by atoms with E-state index in [1.807, 2.05) is 12.1 Å². The maximum Gasteiger partial charge on any atom is 0.243 e. The molecule has 4 N–H and O–H groups in total.